The third-order valence-electron chi connectivity index (χ3n) is 18.0. The van der Waals surface area contributed by atoms with Crippen LogP contribution in [0.1, 0.15) is 116 Å². The zero-order valence-electron chi connectivity index (χ0n) is 61.4. The van der Waals surface area contributed by atoms with E-state index < -0.39 is 229 Å². The number of nitrogens with zero attached hydrogens (tertiary/aromatic N) is 6. The molecule has 558 valence electrons. The minimum atomic E-state index is -1.75. The van der Waals surface area contributed by atoms with Crippen LogP contribution in [0.15, 0.2) is 30.3 Å². The summed E-state index contributed by atoms with van der Waals surface area (Å²) in [6.07, 6.45) is -3.06. The summed E-state index contributed by atoms with van der Waals surface area (Å²) in [5, 5.41) is 63.9. The first kappa shape index (κ1) is 86.7. The summed E-state index contributed by atoms with van der Waals surface area (Å²) in [5.74, 6) is -17.0. The summed E-state index contributed by atoms with van der Waals surface area (Å²) in [5.41, 5.74) is 0.573. The molecule has 14 amide bonds. The van der Waals surface area contributed by atoms with Crippen molar-refractivity contribution >= 4 is 82.7 Å². The van der Waals surface area contributed by atoms with Gasteiger partial charge in [-0.2, -0.15) is 0 Å². The van der Waals surface area contributed by atoms with Gasteiger partial charge in [-0.1, -0.05) is 120 Å². The Labute approximate surface area is 581 Å². The second-order valence-electron chi connectivity index (χ2n) is 27.4. The number of hydrogen-bond acceptors (Lipinski definition) is 18. The molecule has 1 fully saturated rings. The molecule has 2 rings (SSSR count). The molecule has 0 saturated carbocycles. The highest BCUT2D eigenvalue weighted by molar-refractivity contribution is 6.00. The maximum absolute atomic E-state index is 14.7. The van der Waals surface area contributed by atoms with Crippen LogP contribution in [0.3, 0.4) is 0 Å². The highest BCUT2D eigenvalue weighted by Gasteiger charge is 2.45. The lowest BCUT2D eigenvalue weighted by atomic mass is 9.96. The van der Waals surface area contributed by atoms with Crippen molar-refractivity contribution < 1.29 is 87.5 Å². The average molecular weight is 1400 g/mol. The van der Waals surface area contributed by atoms with E-state index in [0.717, 1.165) is 29.4 Å². The number of aliphatic hydroxyl groups is 4. The third kappa shape index (κ3) is 23.4. The van der Waals surface area contributed by atoms with Crippen molar-refractivity contribution in [3.05, 3.63) is 35.9 Å². The second-order valence-corrected chi connectivity index (χ2v) is 27.4. The maximum Gasteiger partial charge on any atom is 0.248 e. The van der Waals surface area contributed by atoms with E-state index in [4.69, 9.17) is 0 Å². The summed E-state index contributed by atoms with van der Waals surface area (Å²) in [6, 6.07) is -9.58. The number of aliphatic hydroxyl groups excluding tert-OH is 4. The van der Waals surface area contributed by atoms with Gasteiger partial charge in [0, 0.05) is 48.7 Å². The lowest BCUT2D eigenvalue weighted by molar-refractivity contribution is -0.152. The van der Waals surface area contributed by atoms with Crippen LogP contribution in [-0.4, -0.2) is 286 Å². The lowest BCUT2D eigenvalue weighted by Crippen LogP contribution is -2.64. The number of nitrogens with one attached hydrogen (secondary N) is 8. The van der Waals surface area contributed by atoms with Gasteiger partial charge in [-0.25, -0.2) is 0 Å². The fourth-order valence-electron chi connectivity index (χ4n) is 11.4. The molecule has 32 nitrogen and oxygen atoms in total. The van der Waals surface area contributed by atoms with E-state index in [1.165, 1.54) is 63.1 Å². The SMILES string of the molecule is CC[C@H](C)[C@@H]1NC(=O)CNC(=O)[C@H](C)N(C)C(=O)[C@H](C(C)C)NC(=O)[C@H]([C@@H](C)O)N(C)C(=O)[C@H](C(C)C)NC(=O)[C@H]([C@@H](C)O)N(C)C(=O)[C@H](C(C)C)NC(=O)CNC(=O)[C@H](Cc2ccccc2)N(C)C(=O)[C@H](C(C)C)NC(=O)[C@H](CO)NC(=O)[C@H](C(C)C)N(C)C(=O)[C@H](CO)N(C)C1=O. The average Bonchev–Trinajstić information content (AvgIpc) is 0.829. The number of amides is 14. The molecule has 0 aliphatic carbocycles. The van der Waals surface area contributed by atoms with Gasteiger partial charge in [-0.15, -0.1) is 0 Å². The van der Waals surface area contributed by atoms with Crippen LogP contribution in [0.2, 0.25) is 0 Å². The van der Waals surface area contributed by atoms with Gasteiger partial charge in [-0.3, -0.25) is 67.1 Å². The van der Waals surface area contributed by atoms with Gasteiger partial charge in [0.1, 0.15) is 72.5 Å². The molecule has 32 heteroatoms. The summed E-state index contributed by atoms with van der Waals surface area (Å²) < 4.78 is 0. The van der Waals surface area contributed by atoms with Crippen molar-refractivity contribution in [3.63, 3.8) is 0 Å². The number of likely N-dealkylation sites (N-methyl/N-ethyl adjacent to an activating group) is 6. The molecule has 99 heavy (non-hydrogen) atoms. The van der Waals surface area contributed by atoms with Crippen molar-refractivity contribution in [2.75, 3.05) is 68.6 Å². The molecule has 0 spiro atoms. The Balaban J connectivity index is 2.85. The fraction of sp³-hybridized carbons (Fsp3) is 0.701. The minimum Gasteiger partial charge on any atom is -0.394 e. The van der Waals surface area contributed by atoms with Crippen LogP contribution >= 0.6 is 0 Å². The molecule has 0 radical (unpaired) electrons. The van der Waals surface area contributed by atoms with Gasteiger partial charge in [0.15, 0.2) is 0 Å². The molecule has 1 aliphatic heterocycles. The Hall–Kier alpha value is -8.36. The first-order chi connectivity index (χ1) is 46.0. The molecular formula is C67H112N14O18. The molecule has 0 bridgehead atoms. The molecule has 1 aromatic rings. The highest BCUT2D eigenvalue weighted by atomic mass is 16.3. The number of rotatable bonds is 13. The van der Waals surface area contributed by atoms with Crippen LogP contribution in [-0.2, 0) is 73.5 Å². The van der Waals surface area contributed by atoms with E-state index >= 15 is 0 Å². The smallest absolute Gasteiger partial charge is 0.248 e. The topological polar surface area (TPSA) is 436 Å². The third-order valence-corrected chi connectivity index (χ3v) is 18.0. The predicted octanol–water partition coefficient (Wildman–Crippen LogP) is -3.56. The quantitative estimate of drug-likeness (QED) is 0.0909. The number of carbonyl (C=O) groups excluding carboxylic acids is 14. The maximum atomic E-state index is 14.7. The van der Waals surface area contributed by atoms with Crippen LogP contribution in [0.4, 0.5) is 0 Å². The lowest BCUT2D eigenvalue weighted by Gasteiger charge is -2.37. The van der Waals surface area contributed by atoms with Gasteiger partial charge in [0.05, 0.1) is 38.5 Å². The molecule has 12 N–H and O–H groups in total. The zero-order valence-corrected chi connectivity index (χ0v) is 61.4. The number of carbonyl (C=O) groups is 14. The summed E-state index contributed by atoms with van der Waals surface area (Å²) in [4.78, 5) is 205. The van der Waals surface area contributed by atoms with E-state index in [-0.39, 0.29) is 6.42 Å². The van der Waals surface area contributed by atoms with E-state index in [9.17, 15) is 87.5 Å². The van der Waals surface area contributed by atoms with E-state index in [0.29, 0.717) is 12.0 Å². The van der Waals surface area contributed by atoms with Crippen molar-refractivity contribution in [3.8, 4) is 0 Å². The van der Waals surface area contributed by atoms with Gasteiger partial charge in [0.2, 0.25) is 82.7 Å². The Morgan fingerprint density at radius 2 is 0.747 bits per heavy atom. The number of hydrogen-bond donors (Lipinski definition) is 12. The van der Waals surface area contributed by atoms with Crippen molar-refractivity contribution in [1.29, 1.82) is 0 Å². The first-order valence-corrected chi connectivity index (χ1v) is 33.5. The largest absolute Gasteiger partial charge is 0.394 e. The van der Waals surface area contributed by atoms with Gasteiger partial charge >= 0.3 is 0 Å². The van der Waals surface area contributed by atoms with Gasteiger partial charge in [-0.05, 0) is 61.8 Å². The predicted molar refractivity (Wildman–Crippen MR) is 364 cm³/mol. The monoisotopic (exact) mass is 1400 g/mol. The Kier molecular flexibility index (Phi) is 34.5. The molecular weight excluding hydrogens is 1290 g/mol. The van der Waals surface area contributed by atoms with Crippen molar-refractivity contribution in [1.82, 2.24) is 71.9 Å². The second kappa shape index (κ2) is 39.4. The van der Waals surface area contributed by atoms with Crippen LogP contribution in [0.5, 0.6) is 0 Å². The van der Waals surface area contributed by atoms with Gasteiger partial charge < -0.3 is 92.4 Å². The first-order valence-electron chi connectivity index (χ1n) is 33.5. The normalized spacial score (nSPS) is 27.3. The molecule has 0 aromatic heterocycles. The van der Waals surface area contributed by atoms with E-state index in [1.54, 1.807) is 113 Å². The molecule has 0 unspecified atom stereocenters. The van der Waals surface area contributed by atoms with E-state index in [1.807, 2.05) is 0 Å². The van der Waals surface area contributed by atoms with Crippen molar-refractivity contribution in [2.24, 2.45) is 35.5 Å². The molecule has 1 heterocycles. The van der Waals surface area contributed by atoms with Crippen LogP contribution < -0.4 is 42.5 Å². The summed E-state index contributed by atoms with van der Waals surface area (Å²) in [6.45, 7) is 19.4. The van der Waals surface area contributed by atoms with Crippen LogP contribution in [0.25, 0.3) is 0 Å². The Morgan fingerprint density at radius 3 is 1.14 bits per heavy atom. The fourth-order valence-corrected chi connectivity index (χ4v) is 11.4. The summed E-state index contributed by atoms with van der Waals surface area (Å²) in [7, 11) is 7.35. The molecule has 15 atom stereocenters. The zero-order chi connectivity index (χ0) is 76.1. The standard InChI is InChI=1S/C67H112N14O18/c1-22-38(12)52-67(99)78(18)45(32-83)62(94)79(19)53(37(10)11)59(91)70-43(31-82)57(89)73-50(35(6)7)64(96)77(17)44(28-42-26-24-23-25-27-42)58(90)69-30-46(86)71-48(33(2)3)65(97)80(20)54(40(14)84)61(93)75-51(36(8)9)66(98)81(21)55(41(15)85)60(92)74-49(34(4)5)63(95)76(16)39(13)56(88)68-29-47(87)72-52/h23-27,33-41,43-45,48-55,82-85H,22,28-32H2,1-21H3,(H,68,88)(H,69,90)(H,70,91)(H,71,86)(H,72,87)(H,73,89)(H,74,92)(H,75,93)/t38-,39-,40+,41+,43-,44-,45-,48-,49-,50-,51-,52-,53-,54-,55-/m0/s1. The van der Waals surface area contributed by atoms with Gasteiger partial charge in [0.25, 0.3) is 0 Å². The summed E-state index contributed by atoms with van der Waals surface area (Å²) >= 11 is 0. The highest BCUT2D eigenvalue weighted by Crippen LogP contribution is 2.21. The molecule has 1 saturated heterocycles. The van der Waals surface area contributed by atoms with E-state index in [2.05, 4.69) is 42.5 Å². The number of benzene rings is 1. The Morgan fingerprint density at radius 1 is 0.394 bits per heavy atom. The molecule has 1 aliphatic rings. The Bertz CT molecular complexity index is 2990. The minimum absolute atomic E-state index is 0.126. The van der Waals surface area contributed by atoms with Crippen molar-refractivity contribution in [2.45, 2.75) is 201 Å². The van der Waals surface area contributed by atoms with Crippen LogP contribution in [0, 0.1) is 35.5 Å². The molecule has 1 aromatic carbocycles.